The van der Waals surface area contributed by atoms with Crippen LogP contribution in [0.5, 0.6) is 0 Å². The lowest BCUT2D eigenvalue weighted by Gasteiger charge is -2.26. The van der Waals surface area contributed by atoms with Gasteiger partial charge in [0.1, 0.15) is 6.33 Å². The maximum absolute atomic E-state index is 4.32. The smallest absolute Gasteiger partial charge is 0.116 e. The Hall–Kier alpha value is -1.78. The summed E-state index contributed by atoms with van der Waals surface area (Å²) in [6.45, 7) is 3.75. The Kier molecular flexibility index (Phi) is 4.35. The normalized spacial score (nSPS) is 16.0. The van der Waals surface area contributed by atoms with Crippen LogP contribution < -0.4 is 0 Å². The first-order chi connectivity index (χ1) is 11.4. The molecule has 1 fully saturated rings. The summed E-state index contributed by atoms with van der Waals surface area (Å²) in [6, 6.07) is 11.2. The molecule has 3 aromatic rings. The quantitative estimate of drug-likeness (QED) is 0.713. The molecule has 2 aromatic heterocycles. The van der Waals surface area contributed by atoms with E-state index in [9.17, 15) is 0 Å². The largest absolute Gasteiger partial charge is 0.303 e. The van der Waals surface area contributed by atoms with Crippen molar-refractivity contribution in [2.75, 3.05) is 19.6 Å². The topological polar surface area (TPSA) is 29.0 Å². The monoisotopic (exact) mass is 323 g/mol. The molecule has 1 aliphatic rings. The second-order valence-corrected chi connectivity index (χ2v) is 7.32. The van der Waals surface area contributed by atoms with Gasteiger partial charge in [-0.2, -0.15) is 0 Å². The van der Waals surface area contributed by atoms with Crippen molar-refractivity contribution in [2.24, 2.45) is 0 Å². The summed E-state index contributed by atoms with van der Waals surface area (Å²) in [4.78, 5) is 12.3. The molecule has 0 atom stereocenters. The summed E-state index contributed by atoms with van der Waals surface area (Å²) in [6.07, 6.45) is 8.80. The minimum absolute atomic E-state index is 1.04. The van der Waals surface area contributed by atoms with E-state index in [4.69, 9.17) is 0 Å². The predicted molar refractivity (Wildman–Crippen MR) is 96.8 cm³/mol. The predicted octanol–water partition coefficient (Wildman–Crippen LogP) is 4.39. The second kappa shape index (κ2) is 6.77. The zero-order valence-corrected chi connectivity index (χ0v) is 14.1. The van der Waals surface area contributed by atoms with Gasteiger partial charge in [0.05, 0.1) is 10.2 Å². The Labute approximate surface area is 141 Å². The molecular weight excluding hydrogens is 302 g/mol. The van der Waals surface area contributed by atoms with Gasteiger partial charge in [-0.3, -0.25) is 0 Å². The third kappa shape index (κ3) is 3.43. The molecule has 3 nitrogen and oxygen atoms in total. The third-order valence-electron chi connectivity index (χ3n) is 4.60. The molecule has 1 saturated heterocycles. The molecule has 1 aromatic carbocycles. The standard InChI is InChI=1S/C19H21N3S/c1-2-9-22(10-3-1)11-8-15-4-6-16(7-5-15)18-12-17-19(23-18)13-20-14-21-17/h4-7,12-14H,1-3,8-11H2. The number of fused-ring (bicyclic) bond motifs is 1. The Balaban J connectivity index is 1.44. The van der Waals surface area contributed by atoms with Crippen molar-refractivity contribution in [2.45, 2.75) is 25.7 Å². The van der Waals surface area contributed by atoms with Gasteiger partial charge >= 0.3 is 0 Å². The number of likely N-dealkylation sites (tertiary alicyclic amines) is 1. The fourth-order valence-electron chi connectivity index (χ4n) is 3.23. The van der Waals surface area contributed by atoms with Crippen molar-refractivity contribution < 1.29 is 0 Å². The van der Waals surface area contributed by atoms with Gasteiger partial charge in [0.15, 0.2) is 0 Å². The first-order valence-electron chi connectivity index (χ1n) is 8.40. The zero-order chi connectivity index (χ0) is 15.5. The molecule has 0 aliphatic carbocycles. The number of benzene rings is 1. The van der Waals surface area contributed by atoms with Gasteiger partial charge in [-0.25, -0.2) is 9.97 Å². The van der Waals surface area contributed by atoms with Gasteiger partial charge in [-0.05, 0) is 49.5 Å². The molecule has 0 spiro atoms. The Morgan fingerprint density at radius 1 is 1.04 bits per heavy atom. The molecule has 4 rings (SSSR count). The zero-order valence-electron chi connectivity index (χ0n) is 13.2. The number of piperidine rings is 1. The molecule has 0 radical (unpaired) electrons. The first kappa shape index (κ1) is 14.8. The highest BCUT2D eigenvalue weighted by atomic mass is 32.1. The molecule has 1 aliphatic heterocycles. The van der Waals surface area contributed by atoms with E-state index in [2.05, 4.69) is 45.2 Å². The highest BCUT2D eigenvalue weighted by molar-refractivity contribution is 7.22. The van der Waals surface area contributed by atoms with E-state index in [1.807, 2.05) is 6.20 Å². The van der Waals surface area contributed by atoms with Crippen LogP contribution in [0.4, 0.5) is 0 Å². The van der Waals surface area contributed by atoms with E-state index >= 15 is 0 Å². The molecule has 0 bridgehead atoms. The van der Waals surface area contributed by atoms with Crippen molar-refractivity contribution in [3.05, 3.63) is 48.4 Å². The second-order valence-electron chi connectivity index (χ2n) is 6.23. The van der Waals surface area contributed by atoms with Crippen LogP contribution >= 0.6 is 11.3 Å². The average molecular weight is 323 g/mol. The van der Waals surface area contributed by atoms with Gasteiger partial charge in [0, 0.05) is 17.6 Å². The maximum atomic E-state index is 4.32. The maximum Gasteiger partial charge on any atom is 0.116 e. The molecule has 4 heteroatoms. The molecule has 0 unspecified atom stereocenters. The summed E-state index contributed by atoms with van der Waals surface area (Å²) >= 11 is 1.76. The van der Waals surface area contributed by atoms with Gasteiger partial charge in [0.2, 0.25) is 0 Å². The number of aromatic nitrogens is 2. The third-order valence-corrected chi connectivity index (χ3v) is 5.71. The number of rotatable bonds is 4. The van der Waals surface area contributed by atoms with E-state index in [-0.39, 0.29) is 0 Å². The summed E-state index contributed by atoms with van der Waals surface area (Å²) in [7, 11) is 0. The van der Waals surface area contributed by atoms with E-state index in [1.54, 1.807) is 17.7 Å². The highest BCUT2D eigenvalue weighted by Crippen LogP contribution is 2.32. The van der Waals surface area contributed by atoms with Crippen molar-refractivity contribution in [1.29, 1.82) is 0 Å². The number of hydrogen-bond acceptors (Lipinski definition) is 4. The summed E-state index contributed by atoms with van der Waals surface area (Å²) in [5.74, 6) is 0. The van der Waals surface area contributed by atoms with E-state index in [1.165, 1.54) is 54.9 Å². The molecule has 0 N–H and O–H groups in total. The molecule has 118 valence electrons. The van der Waals surface area contributed by atoms with Gasteiger partial charge in [-0.15, -0.1) is 11.3 Å². The Morgan fingerprint density at radius 3 is 2.65 bits per heavy atom. The number of hydrogen-bond donors (Lipinski definition) is 0. The van der Waals surface area contributed by atoms with Crippen molar-refractivity contribution >= 4 is 21.6 Å². The molecular formula is C19H21N3S. The lowest BCUT2D eigenvalue weighted by Crippen LogP contribution is -2.31. The van der Waals surface area contributed by atoms with Crippen LogP contribution in [-0.2, 0) is 6.42 Å². The van der Waals surface area contributed by atoms with Gasteiger partial charge in [0.25, 0.3) is 0 Å². The molecule has 23 heavy (non-hydrogen) atoms. The highest BCUT2D eigenvalue weighted by Gasteiger charge is 2.10. The molecule has 3 heterocycles. The lowest BCUT2D eigenvalue weighted by molar-refractivity contribution is 0.231. The van der Waals surface area contributed by atoms with Crippen molar-refractivity contribution in [1.82, 2.24) is 14.9 Å². The first-order valence-corrected chi connectivity index (χ1v) is 9.21. The van der Waals surface area contributed by atoms with Crippen LogP contribution in [0.1, 0.15) is 24.8 Å². The Morgan fingerprint density at radius 2 is 1.87 bits per heavy atom. The van der Waals surface area contributed by atoms with Crippen LogP contribution in [-0.4, -0.2) is 34.5 Å². The summed E-state index contributed by atoms with van der Waals surface area (Å²) in [5, 5.41) is 0. The fraction of sp³-hybridized carbons (Fsp3) is 0.368. The van der Waals surface area contributed by atoms with Crippen LogP contribution in [0, 0.1) is 0 Å². The minimum atomic E-state index is 1.04. The SMILES string of the molecule is c1ncc2sc(-c3ccc(CCN4CCCCC4)cc3)cc2n1. The van der Waals surface area contributed by atoms with Crippen LogP contribution in [0.2, 0.25) is 0 Å². The van der Waals surface area contributed by atoms with Crippen molar-refractivity contribution in [3.8, 4) is 10.4 Å². The number of thiophene rings is 1. The van der Waals surface area contributed by atoms with Crippen molar-refractivity contribution in [3.63, 3.8) is 0 Å². The van der Waals surface area contributed by atoms with Gasteiger partial charge in [-0.1, -0.05) is 30.7 Å². The lowest BCUT2D eigenvalue weighted by atomic mass is 10.1. The van der Waals surface area contributed by atoms with Crippen LogP contribution in [0.3, 0.4) is 0 Å². The fourth-order valence-corrected chi connectivity index (χ4v) is 4.22. The van der Waals surface area contributed by atoms with Crippen LogP contribution in [0.15, 0.2) is 42.9 Å². The number of nitrogens with zero attached hydrogens (tertiary/aromatic N) is 3. The summed E-state index contributed by atoms with van der Waals surface area (Å²) < 4.78 is 1.15. The summed E-state index contributed by atoms with van der Waals surface area (Å²) in [5.41, 5.74) is 3.74. The van der Waals surface area contributed by atoms with Gasteiger partial charge < -0.3 is 4.90 Å². The van der Waals surface area contributed by atoms with E-state index in [0.717, 1.165) is 16.6 Å². The molecule has 0 saturated carbocycles. The average Bonchev–Trinajstić information content (AvgIpc) is 3.05. The Bertz CT molecular complexity index is 740. The van der Waals surface area contributed by atoms with Crippen LogP contribution in [0.25, 0.3) is 20.7 Å². The van der Waals surface area contributed by atoms with E-state index < -0.39 is 0 Å². The minimum Gasteiger partial charge on any atom is -0.303 e. The van der Waals surface area contributed by atoms with E-state index in [0.29, 0.717) is 0 Å². The molecule has 0 amide bonds.